The van der Waals surface area contributed by atoms with Crippen molar-refractivity contribution in [2.24, 2.45) is 4.99 Å². The van der Waals surface area contributed by atoms with Gasteiger partial charge in [-0.25, -0.2) is 4.99 Å². The zero-order chi connectivity index (χ0) is 21.2. The first-order chi connectivity index (χ1) is 13.0. The highest BCUT2D eigenvalue weighted by atomic mass is 19.4. The van der Waals surface area contributed by atoms with E-state index in [1.807, 2.05) is 6.92 Å². The zero-order valence-electron chi connectivity index (χ0n) is 16.7. The molecule has 9 heteroatoms. The minimum atomic E-state index is -4.33. The lowest BCUT2D eigenvalue weighted by atomic mass is 10.1. The molecule has 0 saturated heterocycles. The monoisotopic (exact) mass is 403 g/mol. The van der Waals surface area contributed by atoms with Gasteiger partial charge in [0.05, 0.1) is 13.2 Å². The van der Waals surface area contributed by atoms with Crippen LogP contribution in [-0.4, -0.2) is 43.4 Å². The number of rotatable bonds is 8. The molecule has 0 aliphatic rings. The molecule has 0 saturated carbocycles. The number of carbonyl (C=O) groups is 1. The minimum absolute atomic E-state index is 0.0153. The van der Waals surface area contributed by atoms with E-state index in [2.05, 4.69) is 20.4 Å². The summed E-state index contributed by atoms with van der Waals surface area (Å²) >= 11 is 0. The van der Waals surface area contributed by atoms with Crippen molar-refractivity contribution in [1.82, 2.24) is 10.6 Å². The number of esters is 1. The van der Waals surface area contributed by atoms with Crippen molar-refractivity contribution >= 4 is 11.9 Å². The molecular formula is C19H28F3N3O3. The SMILES string of the molecule is CCNC(=NCc1ccc(COCC(F)(F)F)cc1)NCC(=O)OC(C)(C)C. The fraction of sp³-hybridized carbons (Fsp3) is 0.579. The van der Waals surface area contributed by atoms with Gasteiger partial charge in [-0.15, -0.1) is 0 Å². The van der Waals surface area contributed by atoms with Gasteiger partial charge in [0, 0.05) is 6.54 Å². The van der Waals surface area contributed by atoms with Crippen molar-refractivity contribution < 1.29 is 27.4 Å². The molecule has 158 valence electrons. The van der Waals surface area contributed by atoms with E-state index in [4.69, 9.17) is 4.74 Å². The van der Waals surface area contributed by atoms with Gasteiger partial charge in [0.25, 0.3) is 0 Å². The largest absolute Gasteiger partial charge is 0.459 e. The van der Waals surface area contributed by atoms with Crippen LogP contribution in [0.15, 0.2) is 29.3 Å². The van der Waals surface area contributed by atoms with E-state index in [1.165, 1.54) is 0 Å². The molecule has 0 aromatic heterocycles. The minimum Gasteiger partial charge on any atom is -0.459 e. The van der Waals surface area contributed by atoms with E-state index in [0.29, 0.717) is 24.6 Å². The molecule has 0 heterocycles. The highest BCUT2D eigenvalue weighted by Gasteiger charge is 2.27. The second kappa shape index (κ2) is 10.9. The zero-order valence-corrected chi connectivity index (χ0v) is 16.7. The molecule has 2 N–H and O–H groups in total. The van der Waals surface area contributed by atoms with Crippen molar-refractivity contribution in [1.29, 1.82) is 0 Å². The summed E-state index contributed by atoms with van der Waals surface area (Å²) in [5, 5.41) is 5.93. The Kier molecular flexibility index (Phi) is 9.24. The Morgan fingerprint density at radius 1 is 1.07 bits per heavy atom. The molecule has 0 fully saturated rings. The highest BCUT2D eigenvalue weighted by Crippen LogP contribution is 2.16. The Hall–Kier alpha value is -2.29. The number of nitrogens with one attached hydrogen (secondary N) is 2. The van der Waals surface area contributed by atoms with Gasteiger partial charge in [-0.05, 0) is 38.8 Å². The molecule has 1 rings (SSSR count). The molecule has 0 aliphatic heterocycles. The average molecular weight is 403 g/mol. The van der Waals surface area contributed by atoms with Crippen molar-refractivity contribution in [3.63, 3.8) is 0 Å². The first-order valence-corrected chi connectivity index (χ1v) is 8.95. The predicted molar refractivity (Wildman–Crippen MR) is 101 cm³/mol. The maximum Gasteiger partial charge on any atom is 0.411 e. The van der Waals surface area contributed by atoms with Gasteiger partial charge in [-0.2, -0.15) is 13.2 Å². The van der Waals surface area contributed by atoms with Gasteiger partial charge in [0.2, 0.25) is 0 Å². The van der Waals surface area contributed by atoms with E-state index in [1.54, 1.807) is 45.0 Å². The first kappa shape index (κ1) is 23.7. The number of alkyl halides is 3. The van der Waals surface area contributed by atoms with Crippen LogP contribution in [0.3, 0.4) is 0 Å². The maximum atomic E-state index is 12.1. The molecular weight excluding hydrogens is 375 g/mol. The second-order valence-electron chi connectivity index (χ2n) is 7.06. The van der Waals surface area contributed by atoms with E-state index in [9.17, 15) is 18.0 Å². The van der Waals surface area contributed by atoms with Gasteiger partial charge in [0.15, 0.2) is 5.96 Å². The Bertz CT molecular complexity index is 639. The predicted octanol–water partition coefficient (Wildman–Crippen LogP) is 3.16. The number of hydrogen-bond donors (Lipinski definition) is 2. The van der Waals surface area contributed by atoms with Crippen molar-refractivity contribution in [3.05, 3.63) is 35.4 Å². The van der Waals surface area contributed by atoms with Crippen LogP contribution in [0.2, 0.25) is 0 Å². The Labute approximate surface area is 163 Å². The van der Waals surface area contributed by atoms with Gasteiger partial charge >= 0.3 is 12.1 Å². The van der Waals surface area contributed by atoms with Crippen LogP contribution in [0, 0.1) is 0 Å². The summed E-state index contributed by atoms with van der Waals surface area (Å²) in [7, 11) is 0. The van der Waals surface area contributed by atoms with Gasteiger partial charge < -0.3 is 20.1 Å². The quantitative estimate of drug-likeness (QED) is 0.396. The summed E-state index contributed by atoms with van der Waals surface area (Å²) in [5.74, 6) is 0.0762. The van der Waals surface area contributed by atoms with Crippen LogP contribution in [0.4, 0.5) is 13.2 Å². The molecule has 0 spiro atoms. The van der Waals surface area contributed by atoms with Crippen molar-refractivity contribution in [3.8, 4) is 0 Å². The van der Waals surface area contributed by atoms with E-state index in [-0.39, 0.29) is 19.1 Å². The third kappa shape index (κ3) is 11.4. The molecule has 0 atom stereocenters. The van der Waals surface area contributed by atoms with E-state index in [0.717, 1.165) is 5.56 Å². The Morgan fingerprint density at radius 3 is 2.21 bits per heavy atom. The van der Waals surface area contributed by atoms with Crippen LogP contribution in [0.25, 0.3) is 0 Å². The average Bonchev–Trinajstić information content (AvgIpc) is 2.56. The molecule has 0 amide bonds. The topological polar surface area (TPSA) is 72.0 Å². The standard InChI is InChI=1S/C19H28F3N3O3/c1-5-23-17(25-11-16(26)28-18(2,3)4)24-10-14-6-8-15(9-7-14)12-27-13-19(20,21)22/h6-9H,5,10-13H2,1-4H3,(H2,23,24,25). The summed E-state index contributed by atoms with van der Waals surface area (Å²) in [6, 6.07) is 6.94. The third-order valence-electron chi connectivity index (χ3n) is 3.14. The molecule has 6 nitrogen and oxygen atoms in total. The second-order valence-corrected chi connectivity index (χ2v) is 7.06. The number of nitrogens with zero attached hydrogens (tertiary/aromatic N) is 1. The Balaban J connectivity index is 2.54. The maximum absolute atomic E-state index is 12.1. The van der Waals surface area contributed by atoms with E-state index >= 15 is 0 Å². The van der Waals surface area contributed by atoms with Crippen molar-refractivity contribution in [2.45, 2.75) is 52.6 Å². The van der Waals surface area contributed by atoms with Gasteiger partial charge in [0.1, 0.15) is 18.8 Å². The smallest absolute Gasteiger partial charge is 0.411 e. The van der Waals surface area contributed by atoms with Crippen LogP contribution in [-0.2, 0) is 27.4 Å². The molecule has 0 bridgehead atoms. The highest BCUT2D eigenvalue weighted by molar-refractivity contribution is 5.84. The summed E-state index contributed by atoms with van der Waals surface area (Å²) in [4.78, 5) is 16.2. The lowest BCUT2D eigenvalue weighted by molar-refractivity contribution is -0.176. The van der Waals surface area contributed by atoms with Crippen LogP contribution in [0.1, 0.15) is 38.8 Å². The van der Waals surface area contributed by atoms with Crippen LogP contribution >= 0.6 is 0 Å². The molecule has 1 aromatic rings. The Morgan fingerprint density at radius 2 is 1.68 bits per heavy atom. The molecule has 1 aromatic carbocycles. The normalized spacial score (nSPS) is 12.6. The van der Waals surface area contributed by atoms with Gasteiger partial charge in [-0.1, -0.05) is 24.3 Å². The number of carbonyl (C=O) groups excluding carboxylic acids is 1. The van der Waals surface area contributed by atoms with Gasteiger partial charge in [-0.3, -0.25) is 4.79 Å². The number of ether oxygens (including phenoxy) is 2. The summed E-state index contributed by atoms with van der Waals surface area (Å²) in [6.45, 7) is 6.85. The summed E-state index contributed by atoms with van der Waals surface area (Å²) in [6.07, 6.45) is -4.33. The first-order valence-electron chi connectivity index (χ1n) is 8.95. The summed E-state index contributed by atoms with van der Waals surface area (Å²) < 4.78 is 46.1. The lowest BCUT2D eigenvalue weighted by Crippen LogP contribution is -2.41. The number of aliphatic imine (C=N–C) groups is 1. The number of benzene rings is 1. The van der Waals surface area contributed by atoms with Crippen LogP contribution in [0.5, 0.6) is 0 Å². The summed E-state index contributed by atoms with van der Waals surface area (Å²) in [5.41, 5.74) is 0.959. The van der Waals surface area contributed by atoms with Crippen molar-refractivity contribution in [2.75, 3.05) is 19.7 Å². The number of hydrogen-bond acceptors (Lipinski definition) is 4. The molecule has 28 heavy (non-hydrogen) atoms. The number of guanidine groups is 1. The molecule has 0 radical (unpaired) electrons. The van der Waals surface area contributed by atoms with Crippen LogP contribution < -0.4 is 10.6 Å². The third-order valence-corrected chi connectivity index (χ3v) is 3.14. The number of halogens is 3. The molecule has 0 aliphatic carbocycles. The fourth-order valence-corrected chi connectivity index (χ4v) is 2.07. The van der Waals surface area contributed by atoms with E-state index < -0.39 is 18.4 Å². The molecule has 0 unspecified atom stereocenters. The lowest BCUT2D eigenvalue weighted by Gasteiger charge is -2.20. The fourth-order valence-electron chi connectivity index (χ4n) is 2.07.